The summed E-state index contributed by atoms with van der Waals surface area (Å²) < 4.78 is 65.4. The van der Waals surface area contributed by atoms with Gasteiger partial charge in [0.15, 0.2) is 107 Å². The van der Waals surface area contributed by atoms with Gasteiger partial charge in [-0.15, -0.1) is 19.4 Å². The van der Waals surface area contributed by atoms with Crippen LogP contribution in [0.2, 0.25) is 0 Å². The quantitative estimate of drug-likeness (QED) is 0.00761. The number of nitrogens with one attached hydrogen (secondary N) is 2. The fraction of sp³-hybridized carbons (Fsp3) is 0.522. The van der Waals surface area contributed by atoms with Crippen LogP contribution in [0.5, 0.6) is 11.8 Å². The van der Waals surface area contributed by atoms with Crippen molar-refractivity contribution >= 4 is 133 Å². The van der Waals surface area contributed by atoms with Crippen LogP contribution < -0.4 is 50.1 Å². The van der Waals surface area contributed by atoms with E-state index in [1.807, 2.05) is 13.8 Å². The third kappa shape index (κ3) is 25.6. The van der Waals surface area contributed by atoms with Gasteiger partial charge in [0, 0.05) is 83.5 Å². The molecular weight excluding hydrogens is 1600 g/mol. The second kappa shape index (κ2) is 46.6. The molecule has 8 aromatic rings. The van der Waals surface area contributed by atoms with E-state index >= 15 is 0 Å². The van der Waals surface area contributed by atoms with Gasteiger partial charge in [-0.2, -0.15) is 9.97 Å². The smallest absolute Gasteiger partial charge is 0.870 e. The Labute approximate surface area is 697 Å². The zero-order chi connectivity index (χ0) is 84.7. The number of allylic oxidation sites excluding steroid dienone is 1. The van der Waals surface area contributed by atoms with Crippen LogP contribution in [0, 0.1) is 52.4 Å². The van der Waals surface area contributed by atoms with E-state index in [2.05, 4.69) is 98.9 Å². The largest absolute Gasteiger partial charge is 1.00 e. The van der Waals surface area contributed by atoms with Gasteiger partial charge in [-0.3, -0.25) is 56.6 Å². The van der Waals surface area contributed by atoms with Gasteiger partial charge in [0.1, 0.15) is 72.1 Å². The molecule has 16 atom stereocenters. The number of hydrogen-bond donors (Lipinski definition) is 8. The number of alkyl halides is 1. The third-order valence-electron chi connectivity index (χ3n) is 16.0. The molecular formula is C67H84B5BrN16NaO26. The molecule has 4 saturated heterocycles. The number of aryl methyl sites for hydroxylation is 4. The van der Waals surface area contributed by atoms with Gasteiger partial charge >= 0.3 is 65.4 Å². The Kier molecular flexibility index (Phi) is 39.7. The summed E-state index contributed by atoms with van der Waals surface area (Å²) in [4.78, 5) is 137. The van der Waals surface area contributed by atoms with Crippen LogP contribution in [0.15, 0.2) is 47.6 Å². The van der Waals surface area contributed by atoms with E-state index in [1.54, 1.807) is 38.3 Å². The number of terminal acetylenes is 2. The van der Waals surface area contributed by atoms with Crippen molar-refractivity contribution in [3.05, 3.63) is 82.0 Å². The zero-order valence-electron chi connectivity index (χ0n) is 65.3. The molecule has 116 heavy (non-hydrogen) atoms. The van der Waals surface area contributed by atoms with E-state index in [0.29, 0.717) is 64.1 Å². The van der Waals surface area contributed by atoms with E-state index in [1.165, 1.54) is 87.6 Å². The number of hydrogen-bond acceptors (Lipinski definition) is 36. The van der Waals surface area contributed by atoms with Crippen molar-refractivity contribution in [2.24, 2.45) is 0 Å². The van der Waals surface area contributed by atoms with E-state index in [4.69, 9.17) is 88.5 Å². The predicted octanol–water partition coefficient (Wildman–Crippen LogP) is -4.70. The Bertz CT molecular complexity index is 4860. The molecule has 611 valence electrons. The van der Waals surface area contributed by atoms with Crippen molar-refractivity contribution in [1.29, 1.82) is 0 Å². The van der Waals surface area contributed by atoms with Gasteiger partial charge in [-0.05, 0) is 40.5 Å². The second-order valence-corrected chi connectivity index (χ2v) is 25.4. The van der Waals surface area contributed by atoms with Gasteiger partial charge in [0.05, 0.1) is 38.5 Å². The van der Waals surface area contributed by atoms with Crippen LogP contribution in [-0.4, -0.2) is 292 Å². The minimum Gasteiger partial charge on any atom is -0.870 e. The number of halogens is 1. The topological polar surface area (TPSA) is 570 Å². The molecule has 4 aliphatic heterocycles. The first kappa shape index (κ1) is 99.0. The Morgan fingerprint density at radius 2 is 0.836 bits per heavy atom. The molecule has 0 aromatic carbocycles. The van der Waals surface area contributed by atoms with Crippen LogP contribution in [0.1, 0.15) is 116 Å². The van der Waals surface area contributed by atoms with Gasteiger partial charge in [0.2, 0.25) is 11.8 Å². The molecule has 4 aliphatic rings. The Morgan fingerprint density at radius 3 is 1.09 bits per heavy atom. The summed E-state index contributed by atoms with van der Waals surface area (Å²) in [7, 11) is 15.8. The molecule has 0 bridgehead atoms. The molecule has 12 heterocycles. The van der Waals surface area contributed by atoms with Crippen molar-refractivity contribution in [3.8, 4) is 36.4 Å². The summed E-state index contributed by atoms with van der Waals surface area (Å²) in [5.74, 6) is 3.70. The van der Waals surface area contributed by atoms with Crippen LogP contribution in [0.3, 0.4) is 0 Å². The predicted molar refractivity (Wildman–Crippen MR) is 408 cm³/mol. The van der Waals surface area contributed by atoms with E-state index in [0.717, 1.165) is 5.33 Å². The number of nitrogens with zero attached hydrogens (tertiary/aromatic N) is 14. The van der Waals surface area contributed by atoms with Gasteiger partial charge in [-0.1, -0.05) is 47.7 Å². The van der Waals surface area contributed by atoms with Crippen molar-refractivity contribution in [3.63, 3.8) is 0 Å². The van der Waals surface area contributed by atoms with Crippen LogP contribution in [0.25, 0.3) is 44.7 Å². The maximum atomic E-state index is 12.1. The molecule has 0 saturated carbocycles. The summed E-state index contributed by atoms with van der Waals surface area (Å²) in [6.07, 6.45) is 4.04. The van der Waals surface area contributed by atoms with Crippen molar-refractivity contribution < 1.29 is 147 Å². The molecule has 4 fully saturated rings. The third-order valence-corrected chi connectivity index (χ3v) is 16.5. The number of esters is 6. The molecule has 49 heteroatoms. The monoisotopic (exact) mass is 1690 g/mol. The average molecular weight is 1690 g/mol. The first-order valence-electron chi connectivity index (χ1n) is 34.7. The van der Waals surface area contributed by atoms with E-state index in [9.17, 15) is 63.9 Å². The van der Waals surface area contributed by atoms with Crippen molar-refractivity contribution in [2.75, 3.05) is 31.8 Å². The Hall–Kier alpha value is -9.36. The maximum absolute atomic E-state index is 12.1. The summed E-state index contributed by atoms with van der Waals surface area (Å²) in [6, 6.07) is 0. The number of rotatable bonds is 18. The van der Waals surface area contributed by atoms with Crippen LogP contribution >= 0.6 is 15.9 Å². The Balaban J connectivity index is 0.000000305. The summed E-state index contributed by atoms with van der Waals surface area (Å²) >= 11 is 3.13. The van der Waals surface area contributed by atoms with Crippen molar-refractivity contribution in [1.82, 2.24) is 78.1 Å². The fourth-order valence-electron chi connectivity index (χ4n) is 11.5. The minimum absolute atomic E-state index is 0. The van der Waals surface area contributed by atoms with Crippen LogP contribution in [-0.2, 0) is 71.4 Å². The molecule has 0 spiro atoms. The first-order chi connectivity index (χ1) is 54.1. The zero-order valence-corrected chi connectivity index (χ0v) is 68.9. The molecule has 8 aromatic heterocycles. The number of carbonyl (C=O) groups excluding carboxylic acids is 6. The summed E-state index contributed by atoms with van der Waals surface area (Å²) in [6.45, 7) is 20.6. The number of aliphatic hydroxyl groups excluding tert-OH is 6. The normalized spacial score (nSPS) is 23.1. The number of aromatic nitrogens is 16. The summed E-state index contributed by atoms with van der Waals surface area (Å²) in [5, 5.41) is 58.9. The number of ether oxygens (including phenoxy) is 11. The number of aliphatic hydroxyl groups is 6. The second-order valence-electron chi connectivity index (χ2n) is 24.7. The van der Waals surface area contributed by atoms with Crippen molar-refractivity contribution in [2.45, 2.75) is 194 Å². The molecule has 42 nitrogen and oxygen atoms in total. The molecule has 0 amide bonds. The number of carbonyl (C=O) groups is 6. The number of imidazole rings is 4. The van der Waals surface area contributed by atoms with E-state index in [-0.39, 0.29) is 82.2 Å². The SMILES string of the molecule is C#CCOc1nc(C)nc2c1ncn2[C@@H]1O[C@H](CC)C(OC(C)=O)[C@@H]1OC(C)=O.C#CCOc1nc(C)nc2c1ncn2[C@@H]1O[C@H](CO)C(O)[C@@H]1O.C=CCBr.CC(=O)OC(C)=O.CC[C@H]1O[C@@H](n2cnc3c(=O)[nH]c(C)nc32)[C@@H](OC(C)=O)C1OC(C)=O.Cc1nc2c(ncn2[C@@H]2O[C@H](CO)C(O)[C@@H]2O)c(=O)[nH]1.[B][B]B([B])[B].[Na+].[OH-]. The summed E-state index contributed by atoms with van der Waals surface area (Å²) in [5.41, 5.74) is 1.59. The minimum atomic E-state index is -1.24. The molecule has 12 rings (SSSR count). The Morgan fingerprint density at radius 1 is 0.543 bits per heavy atom. The number of aromatic amines is 2. The van der Waals surface area contributed by atoms with Crippen LogP contribution in [0.4, 0.5) is 0 Å². The van der Waals surface area contributed by atoms with Gasteiger partial charge < -0.3 is 98.2 Å². The molecule has 0 aliphatic carbocycles. The number of H-pyrrole nitrogens is 2. The molecule has 4 unspecified atom stereocenters. The average Bonchev–Trinajstić information content (AvgIpc) is 1.63. The first-order valence-corrected chi connectivity index (χ1v) is 35.8. The maximum Gasteiger partial charge on any atom is 1.00 e. The van der Waals surface area contributed by atoms with Gasteiger partial charge in [-0.25, -0.2) is 39.9 Å². The van der Waals surface area contributed by atoms with Gasteiger partial charge in [0.25, 0.3) is 11.1 Å². The standard InChI is InChI=1S/C19H22N4O6.C16H20N4O6.C14H16N4O5.C11H14N4O5.C4H6O3.C3H5Br.B5.Na.H2O/c1-6-8-26-18-14-17(21-10(3)22-18)23(9-20-14)19-16(28-12(5)25)15(27-11(4)24)13(7-2)29-19;1-5-10-12(24-8(3)21)13(25-9(4)22)16(26-10)20-6-17-11-14(20)18-7(2)19-15(11)23;1-3-4-22-13-9-12(16-7(2)17-13)18(6-15-9)14-11(21)10(20)8(5-19)23-14;1-4-13-9-6(10(19)14-4)12-3-15(9)11-8(18)7(17)5(2-16)20-11;1-3(5)7-4(2)6;1-2-3-4;1-4-5(2)3;;/h1,9,13,15-16,19H,7-8H2,2-5H3;6,10,12-13,16H,5H2,1-4H3,(H,18,19,23);1,6,8,10-11,14,19-21H,4-5H2,2H3;3,5,7-8,11,16-18H,2H2,1H3,(H,13,14,19);1-2H3;2H,1,3H2;;;1H2/q;;;;;;;+1;/p-1/t13-,15?,16+,19-;10-,12?,13+,16-;8-,10?,11+,14-;5-,7?,8+,11-;;;;;/m1111...../s1. The molecule has 9 N–H and O–H groups in total. The fourth-order valence-corrected chi connectivity index (χ4v) is 11.5. The number of fused-ring (bicyclic) bond motifs is 4. The molecule has 7 radical (unpaired) electrons. The van der Waals surface area contributed by atoms with E-state index < -0.39 is 159 Å².